The van der Waals surface area contributed by atoms with Crippen molar-refractivity contribution < 1.29 is 9.59 Å². The molecule has 0 aliphatic rings. The maximum Gasteiger partial charge on any atom is 0.292 e. The van der Waals surface area contributed by atoms with Crippen molar-refractivity contribution in [2.45, 2.75) is 0 Å². The van der Waals surface area contributed by atoms with Gasteiger partial charge in [-0.3, -0.25) is 9.59 Å². The summed E-state index contributed by atoms with van der Waals surface area (Å²) in [6, 6.07) is 5.29. The zero-order valence-electron chi connectivity index (χ0n) is 8.41. The van der Waals surface area contributed by atoms with E-state index in [-0.39, 0.29) is 0 Å². The second kappa shape index (κ2) is 4.23. The van der Waals surface area contributed by atoms with E-state index in [0.717, 1.165) is 10.1 Å². The van der Waals surface area contributed by atoms with Crippen LogP contribution in [0.25, 0.3) is 10.1 Å². The summed E-state index contributed by atoms with van der Waals surface area (Å²) in [4.78, 5) is 23.0. The van der Waals surface area contributed by atoms with Crippen LogP contribution < -0.4 is 5.32 Å². The Hall–Kier alpha value is -1.39. The number of carbonyl (C=O) groups excluding carboxylic acids is 2. The molecule has 16 heavy (non-hydrogen) atoms. The fourth-order valence-electron chi connectivity index (χ4n) is 1.41. The van der Waals surface area contributed by atoms with Crippen LogP contribution in [0.2, 0.25) is 5.02 Å². The van der Waals surface area contributed by atoms with Crippen molar-refractivity contribution in [2.24, 2.45) is 0 Å². The molecule has 0 aliphatic heterocycles. The normalized spacial score (nSPS) is 10.4. The molecule has 1 heterocycles. The van der Waals surface area contributed by atoms with Gasteiger partial charge in [0.25, 0.3) is 11.7 Å². The maximum absolute atomic E-state index is 11.7. The van der Waals surface area contributed by atoms with Crippen LogP contribution in [0, 0.1) is 0 Å². The summed E-state index contributed by atoms with van der Waals surface area (Å²) < 4.78 is 0.941. The molecule has 1 aromatic heterocycles. The highest BCUT2D eigenvalue weighted by Crippen LogP contribution is 2.28. The van der Waals surface area contributed by atoms with Gasteiger partial charge in [-0.25, -0.2) is 0 Å². The molecular formula is C11H8ClNO2S. The molecule has 82 valence electrons. The SMILES string of the molecule is CNC(=O)C(=O)c1csc2ccc(Cl)cc12. The summed E-state index contributed by atoms with van der Waals surface area (Å²) in [6.45, 7) is 0. The van der Waals surface area contributed by atoms with Crippen molar-refractivity contribution in [3.63, 3.8) is 0 Å². The van der Waals surface area contributed by atoms with Crippen molar-refractivity contribution in [1.82, 2.24) is 5.32 Å². The third-order valence-corrected chi connectivity index (χ3v) is 3.41. The molecule has 1 N–H and O–H groups in total. The zero-order chi connectivity index (χ0) is 11.7. The number of halogens is 1. The Morgan fingerprint density at radius 1 is 1.38 bits per heavy atom. The number of rotatable bonds is 2. The van der Waals surface area contributed by atoms with E-state index in [1.807, 2.05) is 6.07 Å². The minimum Gasteiger partial charge on any atom is -0.352 e. The molecule has 0 saturated carbocycles. The third kappa shape index (κ3) is 1.81. The van der Waals surface area contributed by atoms with Crippen molar-refractivity contribution in [1.29, 1.82) is 0 Å². The predicted molar refractivity (Wildman–Crippen MR) is 65.2 cm³/mol. The van der Waals surface area contributed by atoms with Crippen LogP contribution in [0.15, 0.2) is 23.6 Å². The topological polar surface area (TPSA) is 46.2 Å². The van der Waals surface area contributed by atoms with Gasteiger partial charge in [-0.15, -0.1) is 11.3 Å². The Morgan fingerprint density at radius 2 is 2.12 bits per heavy atom. The number of likely N-dealkylation sites (N-methyl/N-ethyl adjacent to an activating group) is 1. The average molecular weight is 254 g/mol. The molecule has 1 amide bonds. The van der Waals surface area contributed by atoms with Crippen molar-refractivity contribution >= 4 is 44.7 Å². The number of ketones is 1. The second-order valence-corrected chi connectivity index (χ2v) is 4.55. The van der Waals surface area contributed by atoms with Gasteiger partial charge in [0.05, 0.1) is 0 Å². The van der Waals surface area contributed by atoms with E-state index >= 15 is 0 Å². The zero-order valence-corrected chi connectivity index (χ0v) is 9.98. The first kappa shape index (κ1) is 11.1. The second-order valence-electron chi connectivity index (χ2n) is 3.20. The standard InChI is InChI=1S/C11H8ClNO2S/c1-13-11(15)10(14)8-5-16-9-3-2-6(12)4-7(8)9/h2-5H,1H3,(H,13,15). The lowest BCUT2D eigenvalue weighted by molar-refractivity contribution is -0.116. The van der Waals surface area contributed by atoms with E-state index in [4.69, 9.17) is 11.6 Å². The number of Topliss-reactive ketones (excluding diaryl/α,β-unsaturated/α-hetero) is 1. The molecule has 0 unspecified atom stereocenters. The van der Waals surface area contributed by atoms with Crippen LogP contribution in [0.4, 0.5) is 0 Å². The molecule has 3 nitrogen and oxygen atoms in total. The molecule has 2 aromatic rings. The fourth-order valence-corrected chi connectivity index (χ4v) is 2.51. The monoisotopic (exact) mass is 253 g/mol. The minimum absolute atomic E-state index is 0.404. The Kier molecular flexibility index (Phi) is 2.94. The Bertz CT molecular complexity index is 576. The number of benzene rings is 1. The maximum atomic E-state index is 11.7. The van der Waals surface area contributed by atoms with Gasteiger partial charge in [-0.05, 0) is 18.2 Å². The molecular weight excluding hydrogens is 246 g/mol. The predicted octanol–water partition coefficient (Wildman–Crippen LogP) is 2.48. The van der Waals surface area contributed by atoms with Gasteiger partial charge in [0.1, 0.15) is 0 Å². The van der Waals surface area contributed by atoms with Gasteiger partial charge >= 0.3 is 0 Å². The summed E-state index contributed by atoms with van der Waals surface area (Å²) in [5.74, 6) is -1.14. The first-order valence-corrected chi connectivity index (χ1v) is 5.82. The van der Waals surface area contributed by atoms with Gasteiger partial charge in [0, 0.05) is 33.1 Å². The first-order chi connectivity index (χ1) is 7.63. The molecule has 0 atom stereocenters. The van der Waals surface area contributed by atoms with Crippen molar-refractivity contribution in [3.8, 4) is 0 Å². The smallest absolute Gasteiger partial charge is 0.292 e. The molecule has 0 aliphatic carbocycles. The van der Waals surface area contributed by atoms with Gasteiger partial charge in [0.15, 0.2) is 0 Å². The van der Waals surface area contributed by atoms with Crippen LogP contribution in [-0.2, 0) is 4.79 Å². The van der Waals surface area contributed by atoms with E-state index in [9.17, 15) is 9.59 Å². The number of hydrogen-bond acceptors (Lipinski definition) is 3. The van der Waals surface area contributed by atoms with Crippen LogP contribution >= 0.6 is 22.9 Å². The summed E-state index contributed by atoms with van der Waals surface area (Å²) in [5, 5.41) is 5.28. The van der Waals surface area contributed by atoms with E-state index in [2.05, 4.69) is 5.32 Å². The van der Waals surface area contributed by atoms with E-state index in [1.54, 1.807) is 17.5 Å². The number of carbonyl (C=O) groups is 2. The molecule has 0 spiro atoms. The largest absolute Gasteiger partial charge is 0.352 e. The number of thiophene rings is 1. The van der Waals surface area contributed by atoms with Gasteiger partial charge in [-0.2, -0.15) is 0 Å². The average Bonchev–Trinajstić information content (AvgIpc) is 2.69. The molecule has 0 bridgehead atoms. The van der Waals surface area contributed by atoms with Gasteiger partial charge in [-0.1, -0.05) is 11.6 Å². The molecule has 2 rings (SSSR count). The number of nitrogens with one attached hydrogen (secondary N) is 1. The van der Waals surface area contributed by atoms with E-state index in [0.29, 0.717) is 10.6 Å². The molecule has 5 heteroatoms. The lowest BCUT2D eigenvalue weighted by atomic mass is 10.1. The van der Waals surface area contributed by atoms with Crippen LogP contribution in [0.5, 0.6) is 0 Å². The van der Waals surface area contributed by atoms with Crippen LogP contribution in [-0.4, -0.2) is 18.7 Å². The molecule has 1 aromatic carbocycles. The quantitative estimate of drug-likeness (QED) is 0.660. The minimum atomic E-state index is -0.611. The molecule has 0 radical (unpaired) electrons. The van der Waals surface area contributed by atoms with Crippen molar-refractivity contribution in [3.05, 3.63) is 34.2 Å². The van der Waals surface area contributed by atoms with Crippen molar-refractivity contribution in [2.75, 3.05) is 7.05 Å². The van der Waals surface area contributed by atoms with E-state index in [1.165, 1.54) is 18.4 Å². The lowest BCUT2D eigenvalue weighted by Crippen LogP contribution is -2.27. The Labute approximate surface area is 101 Å². The summed E-state index contributed by atoms with van der Waals surface area (Å²) >= 11 is 7.28. The van der Waals surface area contributed by atoms with Crippen LogP contribution in [0.1, 0.15) is 10.4 Å². The summed E-state index contributed by atoms with van der Waals surface area (Å²) in [6.07, 6.45) is 0. The van der Waals surface area contributed by atoms with E-state index < -0.39 is 11.7 Å². The molecule has 0 saturated heterocycles. The Balaban J connectivity index is 2.57. The Morgan fingerprint density at radius 3 is 2.81 bits per heavy atom. The first-order valence-electron chi connectivity index (χ1n) is 4.56. The van der Waals surface area contributed by atoms with Gasteiger partial charge < -0.3 is 5.32 Å². The van der Waals surface area contributed by atoms with Gasteiger partial charge in [0.2, 0.25) is 0 Å². The number of hydrogen-bond donors (Lipinski definition) is 1. The highest BCUT2D eigenvalue weighted by molar-refractivity contribution is 7.17. The number of fused-ring (bicyclic) bond motifs is 1. The number of amides is 1. The lowest BCUT2D eigenvalue weighted by Gasteiger charge is -1.98. The summed E-state index contributed by atoms with van der Waals surface area (Å²) in [7, 11) is 1.43. The van der Waals surface area contributed by atoms with Crippen LogP contribution in [0.3, 0.4) is 0 Å². The highest BCUT2D eigenvalue weighted by Gasteiger charge is 2.18. The summed E-state index contributed by atoms with van der Waals surface area (Å²) in [5.41, 5.74) is 0.404. The third-order valence-electron chi connectivity index (χ3n) is 2.21. The fraction of sp³-hybridized carbons (Fsp3) is 0.0909. The molecule has 0 fully saturated rings. The highest BCUT2D eigenvalue weighted by atomic mass is 35.5.